The zero-order chi connectivity index (χ0) is 25.8. The van der Waals surface area contributed by atoms with E-state index in [-0.39, 0.29) is 11.9 Å². The molecule has 37 heavy (non-hydrogen) atoms. The molecular formula is C30H25N3O2S2. The molecule has 0 saturated carbocycles. The monoisotopic (exact) mass is 523 g/mol. The molecule has 1 aliphatic heterocycles. The average Bonchev–Trinajstić information content (AvgIpc) is 3.48. The molecule has 4 aromatic rings. The van der Waals surface area contributed by atoms with E-state index in [0.717, 1.165) is 33.8 Å². The average molecular weight is 524 g/mol. The Kier molecular flexibility index (Phi) is 7.35. The minimum Gasteiger partial charge on any atom is -0.490 e. The molecule has 1 aliphatic rings. The third-order valence-corrected chi connectivity index (χ3v) is 7.37. The fourth-order valence-electron chi connectivity index (χ4n) is 4.13. The summed E-state index contributed by atoms with van der Waals surface area (Å²) in [5, 5.41) is 4.88. The molecule has 0 spiro atoms. The Morgan fingerprint density at radius 3 is 2.38 bits per heavy atom. The summed E-state index contributed by atoms with van der Waals surface area (Å²) in [6.07, 6.45) is 5.54. The van der Waals surface area contributed by atoms with E-state index in [1.165, 1.54) is 11.8 Å². The number of nitrogens with zero attached hydrogens (tertiary/aromatic N) is 3. The van der Waals surface area contributed by atoms with Crippen LogP contribution in [0.2, 0.25) is 0 Å². The zero-order valence-electron chi connectivity index (χ0n) is 20.3. The number of aromatic nitrogens is 2. The second kappa shape index (κ2) is 11.0. The van der Waals surface area contributed by atoms with Crippen LogP contribution >= 0.6 is 24.0 Å². The number of benzene rings is 3. The third kappa shape index (κ3) is 5.28. The van der Waals surface area contributed by atoms with Gasteiger partial charge < -0.3 is 4.74 Å². The summed E-state index contributed by atoms with van der Waals surface area (Å²) >= 11 is 6.95. The van der Waals surface area contributed by atoms with Gasteiger partial charge in [-0.15, -0.1) is 0 Å². The second-order valence-corrected chi connectivity index (χ2v) is 10.2. The van der Waals surface area contributed by atoms with Gasteiger partial charge in [-0.2, -0.15) is 5.10 Å². The lowest BCUT2D eigenvalue weighted by atomic mass is 10.1. The van der Waals surface area contributed by atoms with Crippen LogP contribution in [0.25, 0.3) is 23.0 Å². The number of ether oxygens (including phenoxy) is 1. The minimum absolute atomic E-state index is 0.0991. The van der Waals surface area contributed by atoms with E-state index < -0.39 is 0 Å². The number of carbonyl (C=O) groups is 1. The molecule has 5 nitrogen and oxygen atoms in total. The first-order valence-electron chi connectivity index (χ1n) is 11.9. The Bertz CT molecular complexity index is 1460. The molecule has 1 saturated heterocycles. The first-order valence-corrected chi connectivity index (χ1v) is 13.1. The van der Waals surface area contributed by atoms with Crippen LogP contribution in [0.1, 0.15) is 24.1 Å². The van der Waals surface area contributed by atoms with Gasteiger partial charge in [0.1, 0.15) is 16.7 Å². The van der Waals surface area contributed by atoms with Crippen molar-refractivity contribution in [3.63, 3.8) is 0 Å². The number of amides is 1. The molecule has 0 aliphatic carbocycles. The van der Waals surface area contributed by atoms with E-state index in [1.54, 1.807) is 11.0 Å². The molecule has 1 fully saturated rings. The van der Waals surface area contributed by atoms with Gasteiger partial charge in [-0.1, -0.05) is 85.2 Å². The van der Waals surface area contributed by atoms with Crippen LogP contribution < -0.4 is 4.74 Å². The maximum absolute atomic E-state index is 13.5. The smallest absolute Gasteiger partial charge is 0.266 e. The van der Waals surface area contributed by atoms with Gasteiger partial charge in [-0.3, -0.25) is 9.69 Å². The van der Waals surface area contributed by atoms with Crippen LogP contribution in [0, 0.1) is 0 Å². The molecule has 7 heteroatoms. The lowest BCUT2D eigenvalue weighted by molar-refractivity contribution is -0.123. The largest absolute Gasteiger partial charge is 0.490 e. The predicted octanol–water partition coefficient (Wildman–Crippen LogP) is 7.07. The molecule has 1 atom stereocenters. The number of thiocarbonyl (C=S) groups is 1. The summed E-state index contributed by atoms with van der Waals surface area (Å²) in [5.41, 5.74) is 4.48. The van der Waals surface area contributed by atoms with Crippen LogP contribution in [0.15, 0.2) is 109 Å². The van der Waals surface area contributed by atoms with Crippen LogP contribution in [0.3, 0.4) is 0 Å². The number of para-hydroxylation sites is 1. The molecule has 0 N–H and O–H groups in total. The number of hydrogen-bond donors (Lipinski definition) is 0. The fraction of sp³-hybridized carbons (Fsp3) is 0.100. The SMILES string of the molecule is C=CCOc1ccc(-c2nn(-c3ccccc3)cc2/C=C2/SC(=S)N([C@H](C)c3ccccc3)C2=O)cc1. The van der Waals surface area contributed by atoms with Gasteiger partial charge in [0.15, 0.2) is 0 Å². The van der Waals surface area contributed by atoms with E-state index >= 15 is 0 Å². The highest BCUT2D eigenvalue weighted by Crippen LogP contribution is 2.39. The molecule has 1 aromatic heterocycles. The summed E-state index contributed by atoms with van der Waals surface area (Å²) in [6, 6.07) is 27.4. The highest BCUT2D eigenvalue weighted by molar-refractivity contribution is 8.26. The van der Waals surface area contributed by atoms with Crippen molar-refractivity contribution in [3.8, 4) is 22.7 Å². The van der Waals surface area contributed by atoms with Crippen molar-refractivity contribution < 1.29 is 9.53 Å². The molecule has 2 heterocycles. The molecule has 0 bridgehead atoms. The Hall–Kier alpha value is -3.94. The van der Waals surface area contributed by atoms with Gasteiger partial charge >= 0.3 is 0 Å². The van der Waals surface area contributed by atoms with Crippen LogP contribution in [-0.2, 0) is 4.79 Å². The van der Waals surface area contributed by atoms with Crippen molar-refractivity contribution in [2.45, 2.75) is 13.0 Å². The normalized spacial score (nSPS) is 15.3. The zero-order valence-corrected chi connectivity index (χ0v) is 21.9. The van der Waals surface area contributed by atoms with Crippen LogP contribution in [-0.4, -0.2) is 31.5 Å². The Morgan fingerprint density at radius 2 is 1.70 bits per heavy atom. The number of hydrogen-bond acceptors (Lipinski definition) is 5. The Balaban J connectivity index is 1.51. The third-order valence-electron chi connectivity index (χ3n) is 6.04. The van der Waals surface area contributed by atoms with E-state index in [9.17, 15) is 4.79 Å². The molecule has 0 unspecified atom stereocenters. The van der Waals surface area contributed by atoms with E-state index in [1.807, 2.05) is 109 Å². The van der Waals surface area contributed by atoms with E-state index in [2.05, 4.69) is 6.58 Å². The highest BCUT2D eigenvalue weighted by Gasteiger charge is 2.36. The van der Waals surface area contributed by atoms with Crippen molar-refractivity contribution in [1.82, 2.24) is 14.7 Å². The van der Waals surface area contributed by atoms with Gasteiger partial charge in [0.2, 0.25) is 0 Å². The Labute approximate surface area is 226 Å². The molecule has 1 amide bonds. The summed E-state index contributed by atoms with van der Waals surface area (Å²) < 4.78 is 8.01. The number of rotatable bonds is 8. The standard InChI is InChI=1S/C30H25N3O2S2/c1-3-18-35-26-16-14-23(15-17-26)28-24(20-32(31-28)25-12-8-5-9-13-25)19-27-29(34)33(30(36)37-27)21(2)22-10-6-4-7-11-22/h3-17,19-21H,1,18H2,2H3/b27-19+/t21-/m1/s1. The van der Waals surface area contributed by atoms with Crippen molar-refractivity contribution in [1.29, 1.82) is 0 Å². The number of carbonyl (C=O) groups excluding carboxylic acids is 1. The van der Waals surface area contributed by atoms with E-state index in [4.69, 9.17) is 22.1 Å². The second-order valence-electron chi connectivity index (χ2n) is 8.48. The van der Waals surface area contributed by atoms with E-state index in [0.29, 0.717) is 15.8 Å². The van der Waals surface area contributed by atoms with Gasteiger partial charge in [-0.25, -0.2) is 4.68 Å². The summed E-state index contributed by atoms with van der Waals surface area (Å²) in [7, 11) is 0. The number of thioether (sulfide) groups is 1. The molecule has 0 radical (unpaired) electrons. The van der Waals surface area contributed by atoms with Crippen molar-refractivity contribution in [2.24, 2.45) is 0 Å². The fourth-order valence-corrected chi connectivity index (χ4v) is 5.54. The van der Waals surface area contributed by atoms with Crippen molar-refractivity contribution in [2.75, 3.05) is 6.61 Å². The lowest BCUT2D eigenvalue weighted by Crippen LogP contribution is -2.30. The molecule has 184 valence electrons. The minimum atomic E-state index is -0.158. The first-order chi connectivity index (χ1) is 18.0. The maximum atomic E-state index is 13.5. The first kappa shape index (κ1) is 24.7. The van der Waals surface area contributed by atoms with Gasteiger partial charge in [-0.05, 0) is 55.0 Å². The summed E-state index contributed by atoms with van der Waals surface area (Å²) in [4.78, 5) is 15.8. The molecular weight excluding hydrogens is 498 g/mol. The van der Waals surface area contributed by atoms with Gasteiger partial charge in [0.05, 0.1) is 22.3 Å². The van der Waals surface area contributed by atoms with Crippen LogP contribution in [0.5, 0.6) is 5.75 Å². The van der Waals surface area contributed by atoms with Crippen molar-refractivity contribution >= 4 is 40.3 Å². The van der Waals surface area contributed by atoms with Gasteiger partial charge in [0.25, 0.3) is 5.91 Å². The summed E-state index contributed by atoms with van der Waals surface area (Å²) in [6.45, 7) is 6.13. The topological polar surface area (TPSA) is 47.4 Å². The maximum Gasteiger partial charge on any atom is 0.266 e. The lowest BCUT2D eigenvalue weighted by Gasteiger charge is -2.23. The highest BCUT2D eigenvalue weighted by atomic mass is 32.2. The van der Waals surface area contributed by atoms with Crippen molar-refractivity contribution in [3.05, 3.63) is 120 Å². The molecule has 3 aromatic carbocycles. The predicted molar refractivity (Wildman–Crippen MR) is 155 cm³/mol. The summed E-state index contributed by atoms with van der Waals surface area (Å²) in [5.74, 6) is 0.654. The van der Waals surface area contributed by atoms with Gasteiger partial charge in [0, 0.05) is 17.3 Å². The van der Waals surface area contributed by atoms with Crippen LogP contribution in [0.4, 0.5) is 0 Å². The Morgan fingerprint density at radius 1 is 1.03 bits per heavy atom. The quantitative estimate of drug-likeness (QED) is 0.140. The molecule has 5 rings (SSSR count).